The van der Waals surface area contributed by atoms with Gasteiger partial charge in [-0.05, 0) is 36.8 Å². The number of nitrogens with one attached hydrogen (secondary N) is 2. The summed E-state index contributed by atoms with van der Waals surface area (Å²) in [5.41, 5.74) is -0.117. The SMILES string of the molecule is COc1ccc(C(=O)NCCCC(=O)Nc2cc([N+](=O)[O-])ccc2F)cc1. The van der Waals surface area contributed by atoms with Crippen LogP contribution in [0.1, 0.15) is 23.2 Å². The molecule has 2 rings (SSSR count). The molecule has 8 nitrogen and oxygen atoms in total. The summed E-state index contributed by atoms with van der Waals surface area (Å²) in [5, 5.41) is 15.7. The van der Waals surface area contributed by atoms with Crippen molar-refractivity contribution >= 4 is 23.2 Å². The molecule has 0 aromatic heterocycles. The lowest BCUT2D eigenvalue weighted by Gasteiger charge is -2.08. The molecule has 0 atom stereocenters. The molecular formula is C18H18FN3O5. The van der Waals surface area contributed by atoms with E-state index in [1.165, 1.54) is 7.11 Å². The van der Waals surface area contributed by atoms with Crippen LogP contribution in [0.25, 0.3) is 0 Å². The van der Waals surface area contributed by atoms with Crippen LogP contribution in [0.2, 0.25) is 0 Å². The van der Waals surface area contributed by atoms with Crippen LogP contribution in [0, 0.1) is 15.9 Å². The molecule has 0 aliphatic heterocycles. The van der Waals surface area contributed by atoms with Crippen LogP contribution in [0.3, 0.4) is 0 Å². The highest BCUT2D eigenvalue weighted by Gasteiger charge is 2.13. The Morgan fingerprint density at radius 1 is 1.19 bits per heavy atom. The summed E-state index contributed by atoms with van der Waals surface area (Å²) in [6.07, 6.45) is 0.343. The fourth-order valence-corrected chi connectivity index (χ4v) is 2.23. The van der Waals surface area contributed by atoms with Crippen LogP contribution < -0.4 is 15.4 Å². The Bertz CT molecular complexity index is 839. The van der Waals surface area contributed by atoms with Crippen molar-refractivity contribution in [3.05, 3.63) is 64.0 Å². The number of nitro groups is 1. The van der Waals surface area contributed by atoms with Crippen molar-refractivity contribution < 1.29 is 23.6 Å². The predicted octanol–water partition coefficient (Wildman–Crippen LogP) is 2.89. The molecule has 0 aliphatic rings. The second kappa shape index (κ2) is 9.27. The molecule has 2 aromatic carbocycles. The third-order valence-corrected chi connectivity index (χ3v) is 3.65. The fourth-order valence-electron chi connectivity index (χ4n) is 2.23. The van der Waals surface area contributed by atoms with Crippen LogP contribution in [0.5, 0.6) is 5.75 Å². The standard InChI is InChI=1S/C18H18FN3O5/c1-27-14-7-4-12(5-8-14)18(24)20-10-2-3-17(23)21-16-11-13(22(25)26)6-9-15(16)19/h4-9,11H,2-3,10H2,1H3,(H,20,24)(H,21,23). The van der Waals surface area contributed by atoms with Gasteiger partial charge in [0.2, 0.25) is 5.91 Å². The van der Waals surface area contributed by atoms with E-state index >= 15 is 0 Å². The molecule has 0 unspecified atom stereocenters. The van der Waals surface area contributed by atoms with E-state index in [-0.39, 0.29) is 30.2 Å². The summed E-state index contributed by atoms with van der Waals surface area (Å²) in [6, 6.07) is 9.45. The monoisotopic (exact) mass is 375 g/mol. The molecule has 2 amide bonds. The number of nitro benzene ring substituents is 1. The number of carbonyl (C=O) groups excluding carboxylic acids is 2. The fraction of sp³-hybridized carbons (Fsp3) is 0.222. The van der Waals surface area contributed by atoms with Gasteiger partial charge in [0, 0.05) is 30.7 Å². The van der Waals surface area contributed by atoms with Crippen molar-refractivity contribution in [1.82, 2.24) is 5.32 Å². The Morgan fingerprint density at radius 3 is 2.52 bits per heavy atom. The van der Waals surface area contributed by atoms with Gasteiger partial charge in [0.15, 0.2) is 0 Å². The second-order valence-corrected chi connectivity index (χ2v) is 5.56. The predicted molar refractivity (Wildman–Crippen MR) is 96.2 cm³/mol. The molecule has 27 heavy (non-hydrogen) atoms. The lowest BCUT2D eigenvalue weighted by atomic mass is 10.2. The van der Waals surface area contributed by atoms with E-state index in [0.29, 0.717) is 17.7 Å². The Morgan fingerprint density at radius 2 is 1.89 bits per heavy atom. The van der Waals surface area contributed by atoms with Crippen LogP contribution in [0.15, 0.2) is 42.5 Å². The largest absolute Gasteiger partial charge is 0.497 e. The average Bonchev–Trinajstić information content (AvgIpc) is 2.66. The summed E-state index contributed by atoms with van der Waals surface area (Å²) in [6.45, 7) is 0.246. The van der Waals surface area contributed by atoms with Gasteiger partial charge in [-0.3, -0.25) is 19.7 Å². The maximum atomic E-state index is 13.6. The van der Waals surface area contributed by atoms with Crippen molar-refractivity contribution in [3.63, 3.8) is 0 Å². The molecule has 0 radical (unpaired) electrons. The first-order valence-corrected chi connectivity index (χ1v) is 8.06. The minimum absolute atomic E-state index is 0.0189. The summed E-state index contributed by atoms with van der Waals surface area (Å²) < 4.78 is 18.6. The number of ether oxygens (including phenoxy) is 1. The number of non-ortho nitro benzene ring substituents is 1. The molecule has 0 aliphatic carbocycles. The van der Waals surface area contributed by atoms with Crippen LogP contribution in [-0.2, 0) is 4.79 Å². The summed E-state index contributed by atoms with van der Waals surface area (Å²) in [4.78, 5) is 33.8. The highest BCUT2D eigenvalue weighted by atomic mass is 19.1. The summed E-state index contributed by atoms with van der Waals surface area (Å²) >= 11 is 0. The zero-order valence-electron chi connectivity index (χ0n) is 14.5. The van der Waals surface area contributed by atoms with E-state index in [1.807, 2.05) is 0 Å². The molecule has 0 heterocycles. The molecule has 142 valence electrons. The Labute approximate surface area is 154 Å². The number of rotatable bonds is 8. The third-order valence-electron chi connectivity index (χ3n) is 3.65. The Balaban J connectivity index is 1.78. The van der Waals surface area contributed by atoms with Gasteiger partial charge in [0.05, 0.1) is 17.7 Å². The maximum absolute atomic E-state index is 13.6. The van der Waals surface area contributed by atoms with Crippen LogP contribution in [0.4, 0.5) is 15.8 Å². The summed E-state index contributed by atoms with van der Waals surface area (Å²) in [5.74, 6) is -0.922. The van der Waals surface area contributed by atoms with E-state index in [9.17, 15) is 24.1 Å². The van der Waals surface area contributed by atoms with Crippen molar-refractivity contribution in [2.75, 3.05) is 19.0 Å². The number of anilines is 1. The Hall–Kier alpha value is -3.49. The molecule has 0 saturated carbocycles. The van der Waals surface area contributed by atoms with Crippen molar-refractivity contribution in [2.24, 2.45) is 0 Å². The zero-order chi connectivity index (χ0) is 19.8. The number of methoxy groups -OCH3 is 1. The highest BCUT2D eigenvalue weighted by Crippen LogP contribution is 2.21. The topological polar surface area (TPSA) is 111 Å². The number of carbonyl (C=O) groups is 2. The summed E-state index contributed by atoms with van der Waals surface area (Å²) in [7, 11) is 1.53. The van der Waals surface area contributed by atoms with E-state index in [0.717, 1.165) is 18.2 Å². The van der Waals surface area contributed by atoms with Gasteiger partial charge in [-0.15, -0.1) is 0 Å². The number of hydrogen-bond donors (Lipinski definition) is 2. The first kappa shape index (κ1) is 19.8. The van der Waals surface area contributed by atoms with Gasteiger partial charge in [-0.2, -0.15) is 0 Å². The van der Waals surface area contributed by atoms with E-state index in [4.69, 9.17) is 4.74 Å². The number of halogens is 1. The number of amides is 2. The maximum Gasteiger partial charge on any atom is 0.271 e. The van der Waals surface area contributed by atoms with Gasteiger partial charge < -0.3 is 15.4 Å². The highest BCUT2D eigenvalue weighted by molar-refractivity contribution is 5.94. The molecule has 2 N–H and O–H groups in total. The average molecular weight is 375 g/mol. The molecule has 2 aromatic rings. The second-order valence-electron chi connectivity index (χ2n) is 5.56. The van der Waals surface area contributed by atoms with E-state index in [2.05, 4.69) is 10.6 Å². The van der Waals surface area contributed by atoms with Gasteiger partial charge >= 0.3 is 0 Å². The number of hydrogen-bond acceptors (Lipinski definition) is 5. The quantitative estimate of drug-likeness (QED) is 0.419. The Kier molecular flexibility index (Phi) is 6.81. The van der Waals surface area contributed by atoms with Crippen molar-refractivity contribution in [3.8, 4) is 5.75 Å². The van der Waals surface area contributed by atoms with Gasteiger partial charge in [-0.1, -0.05) is 0 Å². The molecule has 0 bridgehead atoms. The smallest absolute Gasteiger partial charge is 0.271 e. The van der Waals surface area contributed by atoms with Crippen molar-refractivity contribution in [1.29, 1.82) is 0 Å². The third kappa shape index (κ3) is 5.77. The molecule has 9 heteroatoms. The molecule has 0 saturated heterocycles. The lowest BCUT2D eigenvalue weighted by molar-refractivity contribution is -0.384. The molecule has 0 spiro atoms. The first-order valence-electron chi connectivity index (χ1n) is 8.06. The van der Waals surface area contributed by atoms with E-state index in [1.54, 1.807) is 24.3 Å². The molecule has 0 fully saturated rings. The normalized spacial score (nSPS) is 10.1. The minimum Gasteiger partial charge on any atom is -0.497 e. The number of benzene rings is 2. The van der Waals surface area contributed by atoms with Gasteiger partial charge in [0.1, 0.15) is 11.6 Å². The molecular weight excluding hydrogens is 357 g/mol. The van der Waals surface area contributed by atoms with Crippen LogP contribution >= 0.6 is 0 Å². The zero-order valence-corrected chi connectivity index (χ0v) is 14.5. The van der Waals surface area contributed by atoms with Crippen molar-refractivity contribution in [2.45, 2.75) is 12.8 Å². The van der Waals surface area contributed by atoms with Gasteiger partial charge in [-0.25, -0.2) is 4.39 Å². The lowest BCUT2D eigenvalue weighted by Crippen LogP contribution is -2.25. The van der Waals surface area contributed by atoms with Gasteiger partial charge in [0.25, 0.3) is 11.6 Å². The first-order chi connectivity index (χ1) is 12.9. The number of nitrogens with zero attached hydrogens (tertiary/aromatic N) is 1. The minimum atomic E-state index is -0.762. The van der Waals surface area contributed by atoms with Crippen LogP contribution in [-0.4, -0.2) is 30.4 Å². The van der Waals surface area contributed by atoms with E-state index < -0.39 is 16.6 Å².